The summed E-state index contributed by atoms with van der Waals surface area (Å²) in [6.45, 7) is 4.74. The predicted octanol–water partition coefficient (Wildman–Crippen LogP) is 5.96. The first-order chi connectivity index (χ1) is 10.0. The van der Waals surface area contributed by atoms with Gasteiger partial charge in [-0.3, -0.25) is 0 Å². The van der Waals surface area contributed by atoms with Gasteiger partial charge in [0.25, 0.3) is 0 Å². The molecule has 0 saturated heterocycles. The van der Waals surface area contributed by atoms with Crippen molar-refractivity contribution in [1.29, 1.82) is 0 Å². The third-order valence-corrected chi connectivity index (χ3v) is 3.58. The zero-order valence-electron chi connectivity index (χ0n) is 11.7. The maximum absolute atomic E-state index is 6.14. The SMILES string of the molecule is CCCNc1nc(Oc2ccc(Cl)cc2C)c(Cl)cc1Cl. The number of nitrogens with zero attached hydrogens (tertiary/aromatic N) is 1. The molecule has 1 aromatic carbocycles. The smallest absolute Gasteiger partial charge is 0.240 e. The van der Waals surface area contributed by atoms with Gasteiger partial charge in [0.15, 0.2) is 0 Å². The van der Waals surface area contributed by atoms with Gasteiger partial charge in [-0.2, -0.15) is 4.98 Å². The van der Waals surface area contributed by atoms with E-state index in [1.807, 2.05) is 13.0 Å². The second-order valence-electron chi connectivity index (χ2n) is 4.54. The molecule has 0 bridgehead atoms. The number of halogens is 3. The number of aryl methyl sites for hydroxylation is 1. The highest BCUT2D eigenvalue weighted by molar-refractivity contribution is 6.36. The Labute approximate surface area is 139 Å². The van der Waals surface area contributed by atoms with Crippen molar-refractivity contribution in [3.05, 3.63) is 44.9 Å². The van der Waals surface area contributed by atoms with E-state index in [-0.39, 0.29) is 0 Å². The molecule has 2 rings (SSSR count). The first kappa shape index (κ1) is 16.2. The number of anilines is 1. The van der Waals surface area contributed by atoms with Crippen molar-refractivity contribution in [1.82, 2.24) is 4.98 Å². The fourth-order valence-electron chi connectivity index (χ4n) is 1.72. The van der Waals surface area contributed by atoms with Crippen molar-refractivity contribution >= 4 is 40.6 Å². The number of ether oxygens (including phenoxy) is 1. The van der Waals surface area contributed by atoms with Crippen LogP contribution in [0.5, 0.6) is 11.6 Å². The lowest BCUT2D eigenvalue weighted by atomic mass is 10.2. The molecule has 0 spiro atoms. The Morgan fingerprint density at radius 1 is 1.14 bits per heavy atom. The highest BCUT2D eigenvalue weighted by atomic mass is 35.5. The molecular weight excluding hydrogens is 331 g/mol. The van der Waals surface area contributed by atoms with E-state index >= 15 is 0 Å². The van der Waals surface area contributed by atoms with Crippen molar-refractivity contribution in [2.24, 2.45) is 0 Å². The molecule has 0 fully saturated rings. The van der Waals surface area contributed by atoms with Gasteiger partial charge in [0, 0.05) is 11.6 Å². The Hall–Kier alpha value is -1.16. The molecule has 0 aliphatic rings. The van der Waals surface area contributed by atoms with Gasteiger partial charge in [0.1, 0.15) is 16.6 Å². The summed E-state index contributed by atoms with van der Waals surface area (Å²) in [6, 6.07) is 6.97. The largest absolute Gasteiger partial charge is 0.437 e. The standard InChI is InChI=1S/C15H15Cl3N2O/c1-3-6-19-14-11(17)8-12(18)15(20-14)21-13-5-4-10(16)7-9(13)2/h4-5,7-8H,3,6H2,1-2H3,(H,19,20). The van der Waals surface area contributed by atoms with Crippen LogP contribution in [0.4, 0.5) is 5.82 Å². The van der Waals surface area contributed by atoms with E-state index in [9.17, 15) is 0 Å². The van der Waals surface area contributed by atoms with E-state index in [1.54, 1.807) is 18.2 Å². The lowest BCUT2D eigenvalue weighted by Gasteiger charge is -2.12. The van der Waals surface area contributed by atoms with Gasteiger partial charge in [-0.25, -0.2) is 0 Å². The quantitative estimate of drug-likeness (QED) is 0.725. The van der Waals surface area contributed by atoms with Crippen molar-refractivity contribution in [2.45, 2.75) is 20.3 Å². The van der Waals surface area contributed by atoms with Crippen LogP contribution in [-0.4, -0.2) is 11.5 Å². The molecule has 0 amide bonds. The Bertz CT molecular complexity index is 647. The number of hydrogen-bond donors (Lipinski definition) is 1. The zero-order valence-corrected chi connectivity index (χ0v) is 14.0. The Kier molecular flexibility index (Phi) is 5.57. The number of rotatable bonds is 5. The Balaban J connectivity index is 2.30. The molecule has 0 saturated carbocycles. The lowest BCUT2D eigenvalue weighted by Crippen LogP contribution is -2.03. The molecule has 0 atom stereocenters. The molecule has 1 N–H and O–H groups in total. The summed E-state index contributed by atoms with van der Waals surface area (Å²) in [7, 11) is 0. The highest BCUT2D eigenvalue weighted by Gasteiger charge is 2.12. The van der Waals surface area contributed by atoms with Crippen LogP contribution in [0.25, 0.3) is 0 Å². The molecule has 21 heavy (non-hydrogen) atoms. The van der Waals surface area contributed by atoms with Gasteiger partial charge >= 0.3 is 0 Å². The van der Waals surface area contributed by atoms with Crippen LogP contribution in [0.15, 0.2) is 24.3 Å². The van der Waals surface area contributed by atoms with Gasteiger partial charge in [0.2, 0.25) is 5.88 Å². The number of aromatic nitrogens is 1. The first-order valence-electron chi connectivity index (χ1n) is 6.55. The normalized spacial score (nSPS) is 10.5. The molecule has 3 nitrogen and oxygen atoms in total. The monoisotopic (exact) mass is 344 g/mol. The van der Waals surface area contributed by atoms with Crippen LogP contribution < -0.4 is 10.1 Å². The highest BCUT2D eigenvalue weighted by Crippen LogP contribution is 2.35. The van der Waals surface area contributed by atoms with E-state index in [2.05, 4.69) is 17.2 Å². The fourth-order valence-corrected chi connectivity index (χ4v) is 2.41. The number of hydrogen-bond acceptors (Lipinski definition) is 3. The molecule has 1 aromatic heterocycles. The molecule has 0 unspecified atom stereocenters. The van der Waals surface area contributed by atoms with Crippen LogP contribution in [0.1, 0.15) is 18.9 Å². The summed E-state index contributed by atoms with van der Waals surface area (Å²) in [5, 5.41) is 4.61. The van der Waals surface area contributed by atoms with E-state index in [0.29, 0.717) is 32.5 Å². The Morgan fingerprint density at radius 3 is 2.57 bits per heavy atom. The summed E-state index contributed by atoms with van der Waals surface area (Å²) >= 11 is 18.2. The number of pyridine rings is 1. The second kappa shape index (κ2) is 7.21. The predicted molar refractivity (Wildman–Crippen MR) is 89.3 cm³/mol. The molecule has 2 aromatic rings. The molecule has 6 heteroatoms. The first-order valence-corrected chi connectivity index (χ1v) is 7.68. The minimum Gasteiger partial charge on any atom is -0.437 e. The molecule has 0 aliphatic heterocycles. The summed E-state index contributed by atoms with van der Waals surface area (Å²) < 4.78 is 5.77. The summed E-state index contributed by atoms with van der Waals surface area (Å²) in [5.74, 6) is 1.52. The van der Waals surface area contributed by atoms with Crippen LogP contribution >= 0.6 is 34.8 Å². The van der Waals surface area contributed by atoms with E-state index < -0.39 is 0 Å². The third-order valence-electron chi connectivity index (χ3n) is 2.78. The third kappa shape index (κ3) is 4.16. The average Bonchev–Trinajstić information content (AvgIpc) is 2.43. The summed E-state index contributed by atoms with van der Waals surface area (Å²) in [6.07, 6.45) is 0.965. The molecule has 0 aliphatic carbocycles. The number of nitrogens with one attached hydrogen (secondary N) is 1. The van der Waals surface area contributed by atoms with Crippen LogP contribution in [0, 0.1) is 6.92 Å². The van der Waals surface area contributed by atoms with E-state index in [1.165, 1.54) is 0 Å². The maximum atomic E-state index is 6.14. The van der Waals surface area contributed by atoms with Crippen LogP contribution in [-0.2, 0) is 0 Å². The van der Waals surface area contributed by atoms with Gasteiger partial charge < -0.3 is 10.1 Å². The maximum Gasteiger partial charge on any atom is 0.240 e. The Morgan fingerprint density at radius 2 is 1.90 bits per heavy atom. The van der Waals surface area contributed by atoms with Crippen molar-refractivity contribution < 1.29 is 4.74 Å². The minimum atomic E-state index is 0.310. The second-order valence-corrected chi connectivity index (χ2v) is 5.80. The van der Waals surface area contributed by atoms with Crippen molar-refractivity contribution in [3.8, 4) is 11.6 Å². The molecule has 1 heterocycles. The van der Waals surface area contributed by atoms with Gasteiger partial charge in [0.05, 0.1) is 5.02 Å². The molecule has 0 radical (unpaired) electrons. The van der Waals surface area contributed by atoms with Gasteiger partial charge in [-0.15, -0.1) is 0 Å². The molecule has 112 valence electrons. The van der Waals surface area contributed by atoms with Crippen molar-refractivity contribution in [3.63, 3.8) is 0 Å². The van der Waals surface area contributed by atoms with Crippen molar-refractivity contribution in [2.75, 3.05) is 11.9 Å². The van der Waals surface area contributed by atoms with E-state index in [4.69, 9.17) is 39.5 Å². The summed E-state index contributed by atoms with van der Waals surface area (Å²) in [4.78, 5) is 4.34. The van der Waals surface area contributed by atoms with E-state index in [0.717, 1.165) is 18.5 Å². The minimum absolute atomic E-state index is 0.310. The molecular formula is C15H15Cl3N2O. The average molecular weight is 346 g/mol. The van der Waals surface area contributed by atoms with Crippen LogP contribution in [0.3, 0.4) is 0 Å². The fraction of sp³-hybridized carbons (Fsp3) is 0.267. The van der Waals surface area contributed by atoms with Gasteiger partial charge in [-0.1, -0.05) is 41.7 Å². The van der Waals surface area contributed by atoms with Crippen LogP contribution in [0.2, 0.25) is 15.1 Å². The topological polar surface area (TPSA) is 34.2 Å². The summed E-state index contributed by atoms with van der Waals surface area (Å²) in [5.41, 5.74) is 0.901. The number of benzene rings is 1. The zero-order chi connectivity index (χ0) is 15.4. The lowest BCUT2D eigenvalue weighted by molar-refractivity contribution is 0.460. The van der Waals surface area contributed by atoms with Gasteiger partial charge in [-0.05, 0) is 43.2 Å².